The summed E-state index contributed by atoms with van der Waals surface area (Å²) in [6.07, 6.45) is 0. The summed E-state index contributed by atoms with van der Waals surface area (Å²) in [5, 5.41) is 0. The number of aromatic nitrogens is 2. The van der Waals surface area contributed by atoms with E-state index in [9.17, 15) is 9.59 Å². The standard InChI is InChI=1S/C11H16N4O3S/c1-13-8(12)7(9(16)14(2)11(13)17)10(19)15-3-5-18-6-4-15/h3-6,12H2,1-2H3. The Morgan fingerprint density at radius 2 is 1.79 bits per heavy atom. The van der Waals surface area contributed by atoms with Crippen LogP contribution >= 0.6 is 12.2 Å². The summed E-state index contributed by atoms with van der Waals surface area (Å²) in [6, 6.07) is 0. The van der Waals surface area contributed by atoms with Crippen molar-refractivity contribution in [1.82, 2.24) is 14.0 Å². The molecule has 0 aliphatic carbocycles. The molecule has 1 aromatic rings. The molecule has 1 aliphatic rings. The predicted molar refractivity (Wildman–Crippen MR) is 75.4 cm³/mol. The number of anilines is 1. The molecule has 0 amide bonds. The molecule has 1 aliphatic heterocycles. The van der Waals surface area contributed by atoms with Gasteiger partial charge < -0.3 is 15.4 Å². The number of thiocarbonyl (C=S) groups is 1. The maximum absolute atomic E-state index is 12.2. The average Bonchev–Trinajstić information content (AvgIpc) is 2.44. The van der Waals surface area contributed by atoms with Crippen molar-refractivity contribution in [1.29, 1.82) is 0 Å². The summed E-state index contributed by atoms with van der Waals surface area (Å²) in [7, 11) is 2.93. The SMILES string of the molecule is Cn1c(N)c(C(=S)N2CCOCC2)c(=O)n(C)c1=O. The van der Waals surface area contributed by atoms with E-state index < -0.39 is 11.2 Å². The first-order valence-electron chi connectivity index (χ1n) is 5.87. The topological polar surface area (TPSA) is 82.5 Å². The molecule has 8 heteroatoms. The number of rotatable bonds is 1. The van der Waals surface area contributed by atoms with E-state index in [2.05, 4.69) is 0 Å². The molecule has 0 aromatic carbocycles. The fourth-order valence-electron chi connectivity index (χ4n) is 1.99. The third kappa shape index (κ3) is 2.28. The Morgan fingerprint density at radius 3 is 2.37 bits per heavy atom. The van der Waals surface area contributed by atoms with Gasteiger partial charge in [-0.15, -0.1) is 0 Å². The van der Waals surface area contributed by atoms with Crippen LogP contribution in [-0.2, 0) is 18.8 Å². The van der Waals surface area contributed by atoms with Crippen molar-refractivity contribution in [3.8, 4) is 0 Å². The van der Waals surface area contributed by atoms with Crippen LogP contribution in [-0.4, -0.2) is 45.3 Å². The van der Waals surface area contributed by atoms with E-state index in [0.717, 1.165) is 4.57 Å². The first-order chi connectivity index (χ1) is 8.95. The highest BCUT2D eigenvalue weighted by Gasteiger charge is 2.22. The van der Waals surface area contributed by atoms with Gasteiger partial charge in [-0.3, -0.25) is 13.9 Å². The monoisotopic (exact) mass is 284 g/mol. The molecule has 2 rings (SSSR count). The molecule has 1 fully saturated rings. The highest BCUT2D eigenvalue weighted by molar-refractivity contribution is 7.80. The average molecular weight is 284 g/mol. The van der Waals surface area contributed by atoms with Crippen molar-refractivity contribution in [3.05, 3.63) is 26.4 Å². The second-order valence-electron chi connectivity index (χ2n) is 4.37. The van der Waals surface area contributed by atoms with Gasteiger partial charge in [0.05, 0.1) is 13.2 Å². The summed E-state index contributed by atoms with van der Waals surface area (Å²) >= 11 is 5.34. The Hall–Kier alpha value is -1.67. The van der Waals surface area contributed by atoms with Crippen LogP contribution in [0.3, 0.4) is 0 Å². The Balaban J connectivity index is 2.53. The molecule has 0 bridgehead atoms. The van der Waals surface area contributed by atoms with Crippen LogP contribution in [0.4, 0.5) is 5.82 Å². The molecule has 19 heavy (non-hydrogen) atoms. The van der Waals surface area contributed by atoms with Gasteiger partial charge in [-0.25, -0.2) is 4.79 Å². The van der Waals surface area contributed by atoms with E-state index in [1.165, 1.54) is 18.7 Å². The fraction of sp³-hybridized carbons (Fsp3) is 0.545. The molecule has 0 atom stereocenters. The van der Waals surface area contributed by atoms with Crippen LogP contribution in [0, 0.1) is 0 Å². The number of nitrogen functional groups attached to an aromatic ring is 1. The van der Waals surface area contributed by atoms with Crippen molar-refractivity contribution < 1.29 is 4.74 Å². The van der Waals surface area contributed by atoms with Crippen LogP contribution in [0.15, 0.2) is 9.59 Å². The zero-order valence-corrected chi connectivity index (χ0v) is 11.7. The molecule has 7 nitrogen and oxygen atoms in total. The van der Waals surface area contributed by atoms with Gasteiger partial charge in [0.2, 0.25) is 0 Å². The number of nitrogens with zero attached hydrogens (tertiary/aromatic N) is 3. The van der Waals surface area contributed by atoms with Gasteiger partial charge in [0.25, 0.3) is 5.56 Å². The van der Waals surface area contributed by atoms with Crippen LogP contribution < -0.4 is 17.0 Å². The molecule has 0 saturated carbocycles. The molecular formula is C11H16N4O3S. The molecule has 1 aromatic heterocycles. The number of hydrogen-bond acceptors (Lipinski definition) is 5. The minimum atomic E-state index is -0.462. The van der Waals surface area contributed by atoms with E-state index in [4.69, 9.17) is 22.7 Å². The number of nitrogens with two attached hydrogens (primary N) is 1. The first kappa shape index (κ1) is 13.8. The van der Waals surface area contributed by atoms with E-state index in [1.54, 1.807) is 0 Å². The summed E-state index contributed by atoms with van der Waals surface area (Å²) < 4.78 is 7.48. The van der Waals surface area contributed by atoms with Crippen molar-refractivity contribution in [3.63, 3.8) is 0 Å². The van der Waals surface area contributed by atoms with Gasteiger partial charge >= 0.3 is 5.69 Å². The van der Waals surface area contributed by atoms with E-state index in [1.807, 2.05) is 4.90 Å². The van der Waals surface area contributed by atoms with Crippen LogP contribution in [0.5, 0.6) is 0 Å². The molecule has 104 valence electrons. The third-order valence-corrected chi connectivity index (χ3v) is 3.68. The van der Waals surface area contributed by atoms with Crippen molar-refractivity contribution in [2.24, 2.45) is 14.1 Å². The summed E-state index contributed by atoms with van der Waals surface area (Å²) in [5.74, 6) is 0.101. The molecule has 1 saturated heterocycles. The van der Waals surface area contributed by atoms with Gasteiger partial charge in [-0.05, 0) is 0 Å². The lowest BCUT2D eigenvalue weighted by Crippen LogP contribution is -2.47. The number of morpholine rings is 1. The number of ether oxygens (including phenoxy) is 1. The molecule has 0 unspecified atom stereocenters. The van der Waals surface area contributed by atoms with Gasteiger partial charge in [0.15, 0.2) is 0 Å². The lowest BCUT2D eigenvalue weighted by molar-refractivity contribution is 0.0692. The van der Waals surface area contributed by atoms with Crippen molar-refractivity contribution in [2.45, 2.75) is 0 Å². The fourth-order valence-corrected chi connectivity index (χ4v) is 2.36. The summed E-state index contributed by atoms with van der Waals surface area (Å²) in [5.41, 5.74) is 5.15. The molecule has 2 heterocycles. The zero-order chi connectivity index (χ0) is 14.2. The van der Waals surface area contributed by atoms with Crippen molar-refractivity contribution >= 4 is 23.0 Å². The van der Waals surface area contributed by atoms with Crippen molar-refractivity contribution in [2.75, 3.05) is 32.0 Å². The normalized spacial score (nSPS) is 15.6. The molecular weight excluding hydrogens is 268 g/mol. The Bertz CT molecular complexity index is 628. The lowest BCUT2D eigenvalue weighted by atomic mass is 10.2. The second kappa shape index (κ2) is 5.14. The molecule has 0 radical (unpaired) electrons. The molecule has 0 spiro atoms. The largest absolute Gasteiger partial charge is 0.384 e. The maximum atomic E-state index is 12.2. The minimum absolute atomic E-state index is 0.101. The minimum Gasteiger partial charge on any atom is -0.384 e. The van der Waals surface area contributed by atoms with Crippen LogP contribution in [0.2, 0.25) is 0 Å². The van der Waals surface area contributed by atoms with E-state index in [0.29, 0.717) is 31.3 Å². The highest BCUT2D eigenvalue weighted by atomic mass is 32.1. The number of hydrogen-bond donors (Lipinski definition) is 1. The zero-order valence-electron chi connectivity index (χ0n) is 10.9. The first-order valence-corrected chi connectivity index (χ1v) is 6.28. The maximum Gasteiger partial charge on any atom is 0.332 e. The van der Waals surface area contributed by atoms with Gasteiger partial charge in [-0.2, -0.15) is 0 Å². The van der Waals surface area contributed by atoms with Crippen LogP contribution in [0.1, 0.15) is 5.56 Å². The Morgan fingerprint density at radius 1 is 1.21 bits per heavy atom. The van der Waals surface area contributed by atoms with Gasteiger partial charge in [0.1, 0.15) is 16.4 Å². The van der Waals surface area contributed by atoms with E-state index >= 15 is 0 Å². The predicted octanol–water partition coefficient (Wildman–Crippen LogP) is -1.33. The Kier molecular flexibility index (Phi) is 3.72. The summed E-state index contributed by atoms with van der Waals surface area (Å²) in [4.78, 5) is 26.1. The highest BCUT2D eigenvalue weighted by Crippen LogP contribution is 2.10. The lowest BCUT2D eigenvalue weighted by Gasteiger charge is -2.29. The van der Waals surface area contributed by atoms with Crippen LogP contribution in [0.25, 0.3) is 0 Å². The second-order valence-corrected chi connectivity index (χ2v) is 4.76. The smallest absolute Gasteiger partial charge is 0.332 e. The quantitative estimate of drug-likeness (QED) is 0.644. The summed E-state index contributed by atoms with van der Waals surface area (Å²) in [6.45, 7) is 2.35. The van der Waals surface area contributed by atoms with Gasteiger partial charge in [0, 0.05) is 27.2 Å². The third-order valence-electron chi connectivity index (χ3n) is 3.22. The molecule has 2 N–H and O–H groups in total. The Labute approximate surface area is 115 Å². The van der Waals surface area contributed by atoms with E-state index in [-0.39, 0.29) is 11.4 Å². The van der Waals surface area contributed by atoms with Gasteiger partial charge in [-0.1, -0.05) is 12.2 Å².